The van der Waals surface area contributed by atoms with Crippen molar-refractivity contribution in [2.24, 2.45) is 0 Å². The lowest BCUT2D eigenvalue weighted by molar-refractivity contribution is -0.386. The monoisotopic (exact) mass is 305 g/mol. The van der Waals surface area contributed by atoms with Crippen LogP contribution in [0.2, 0.25) is 0 Å². The fourth-order valence-corrected chi connectivity index (χ4v) is 2.18. The van der Waals surface area contributed by atoms with Crippen molar-refractivity contribution in [1.29, 1.82) is 0 Å². The molecule has 0 fully saturated rings. The molecule has 0 saturated carbocycles. The second-order valence-electron chi connectivity index (χ2n) is 4.53. The number of aromatic amines is 1. The van der Waals surface area contributed by atoms with E-state index in [0.29, 0.717) is 16.2 Å². The molecule has 1 amide bonds. The molecular weight excluding hydrogens is 295 g/mol. The second-order valence-corrected chi connectivity index (χ2v) is 4.53. The van der Waals surface area contributed by atoms with Gasteiger partial charge in [-0.1, -0.05) is 0 Å². The smallest absolute Gasteiger partial charge is 0.334 e. The van der Waals surface area contributed by atoms with Gasteiger partial charge in [0.05, 0.1) is 4.92 Å². The highest BCUT2D eigenvalue weighted by atomic mass is 19.4. The summed E-state index contributed by atoms with van der Waals surface area (Å²) in [6.45, 7) is -0.423. The average Bonchev–Trinajstić information content (AvgIpc) is 2.57. The van der Waals surface area contributed by atoms with Gasteiger partial charge >= 0.3 is 23.3 Å². The Balaban J connectivity index is 2.28. The van der Waals surface area contributed by atoms with Crippen molar-refractivity contribution in [1.82, 2.24) is 9.88 Å². The quantitative estimate of drug-likeness (QED) is 0.612. The number of fused-ring (bicyclic) bond motifs is 1. The third-order valence-electron chi connectivity index (χ3n) is 3.20. The predicted octanol–water partition coefficient (Wildman–Crippen LogP) is 0.773. The summed E-state index contributed by atoms with van der Waals surface area (Å²) in [5, 5.41) is 10.7. The summed E-state index contributed by atoms with van der Waals surface area (Å²) in [6.07, 6.45) is -4.95. The molecule has 7 nitrogen and oxygen atoms in total. The first-order chi connectivity index (χ1) is 9.70. The van der Waals surface area contributed by atoms with Gasteiger partial charge in [0.25, 0.3) is 0 Å². The first-order valence-electron chi connectivity index (χ1n) is 5.95. The molecule has 0 saturated heterocycles. The van der Waals surface area contributed by atoms with E-state index in [1.165, 1.54) is 0 Å². The molecule has 1 aromatic rings. The molecular formula is C11H10F3N3O4. The van der Waals surface area contributed by atoms with Gasteiger partial charge in [-0.3, -0.25) is 19.7 Å². The third-order valence-corrected chi connectivity index (χ3v) is 3.20. The van der Waals surface area contributed by atoms with Crippen LogP contribution in [0.4, 0.5) is 18.9 Å². The number of hydrogen-bond acceptors (Lipinski definition) is 4. The molecule has 2 rings (SSSR count). The molecule has 0 atom stereocenters. The highest BCUT2D eigenvalue weighted by Crippen LogP contribution is 2.22. The Kier molecular flexibility index (Phi) is 3.71. The van der Waals surface area contributed by atoms with Gasteiger partial charge in [0, 0.05) is 31.3 Å². The Morgan fingerprint density at radius 2 is 1.95 bits per heavy atom. The van der Waals surface area contributed by atoms with Crippen molar-refractivity contribution in [3.8, 4) is 0 Å². The Morgan fingerprint density at radius 3 is 2.52 bits per heavy atom. The minimum Gasteiger partial charge on any atom is -0.334 e. The molecule has 114 valence electrons. The van der Waals surface area contributed by atoms with Crippen molar-refractivity contribution in [2.45, 2.75) is 19.0 Å². The first-order valence-corrected chi connectivity index (χ1v) is 5.95. The fraction of sp³-hybridized carbons (Fsp3) is 0.455. The van der Waals surface area contributed by atoms with E-state index in [2.05, 4.69) is 4.98 Å². The number of carbonyl (C=O) groups excluding carboxylic acids is 1. The van der Waals surface area contributed by atoms with Gasteiger partial charge < -0.3 is 9.88 Å². The third kappa shape index (κ3) is 3.03. The number of nitro groups is 1. The number of H-pyrrole nitrogens is 1. The Hall–Kier alpha value is -2.39. The molecule has 2 heterocycles. The zero-order chi connectivity index (χ0) is 15.8. The zero-order valence-corrected chi connectivity index (χ0v) is 10.6. The summed E-state index contributed by atoms with van der Waals surface area (Å²) in [4.78, 5) is 35.4. The van der Waals surface area contributed by atoms with Crippen molar-refractivity contribution < 1.29 is 22.9 Å². The lowest BCUT2D eigenvalue weighted by atomic mass is 10.1. The first kappa shape index (κ1) is 15.0. The normalized spacial score (nSPS) is 15.3. The molecule has 0 unspecified atom stereocenters. The Morgan fingerprint density at radius 1 is 1.33 bits per heavy atom. The molecule has 1 N–H and O–H groups in total. The van der Waals surface area contributed by atoms with Crippen LogP contribution >= 0.6 is 0 Å². The van der Waals surface area contributed by atoms with Gasteiger partial charge in [-0.2, -0.15) is 13.2 Å². The Bertz CT molecular complexity index is 653. The maximum atomic E-state index is 12.4. The number of nitrogens with one attached hydrogen (secondary N) is 1. The van der Waals surface area contributed by atoms with Gasteiger partial charge in [-0.05, 0) is 12.0 Å². The van der Waals surface area contributed by atoms with Crippen LogP contribution in [0.1, 0.15) is 11.3 Å². The van der Waals surface area contributed by atoms with Crippen LogP contribution in [-0.4, -0.2) is 40.0 Å². The number of hydrogen-bond donors (Lipinski definition) is 1. The van der Waals surface area contributed by atoms with Crippen LogP contribution in [0.3, 0.4) is 0 Å². The number of halogens is 3. The number of rotatable bonds is 1. The van der Waals surface area contributed by atoms with E-state index >= 15 is 0 Å². The molecule has 0 spiro atoms. The van der Waals surface area contributed by atoms with Crippen molar-refractivity contribution >= 4 is 11.6 Å². The fourth-order valence-electron chi connectivity index (χ4n) is 2.18. The van der Waals surface area contributed by atoms with Crippen molar-refractivity contribution in [2.75, 3.05) is 13.1 Å². The molecule has 0 aromatic carbocycles. The van der Waals surface area contributed by atoms with Crippen LogP contribution in [0, 0.1) is 10.1 Å². The van der Waals surface area contributed by atoms with Crippen molar-refractivity contribution in [3.05, 3.63) is 37.8 Å². The summed E-state index contributed by atoms with van der Waals surface area (Å²) in [6, 6.07) is 1.05. The van der Waals surface area contributed by atoms with Crippen LogP contribution in [0.5, 0.6) is 0 Å². The summed E-state index contributed by atoms with van der Waals surface area (Å²) in [5.74, 6) is -1.95. The maximum absolute atomic E-state index is 12.4. The lowest BCUT2D eigenvalue weighted by Gasteiger charge is -2.21. The van der Waals surface area contributed by atoms with E-state index in [-0.39, 0.29) is 25.9 Å². The second kappa shape index (κ2) is 5.19. The molecule has 0 radical (unpaired) electrons. The summed E-state index contributed by atoms with van der Waals surface area (Å²) in [7, 11) is 0. The van der Waals surface area contributed by atoms with E-state index in [0.717, 1.165) is 6.07 Å². The topological polar surface area (TPSA) is 96.3 Å². The van der Waals surface area contributed by atoms with Crippen LogP contribution in [0.25, 0.3) is 0 Å². The van der Waals surface area contributed by atoms with E-state index in [4.69, 9.17) is 0 Å². The molecule has 1 aromatic heterocycles. The SMILES string of the molecule is O=C(N1CCc2cc([N+](=O)[O-])c(=O)[nH]c2CC1)C(F)(F)F. The van der Waals surface area contributed by atoms with E-state index < -0.39 is 28.3 Å². The maximum Gasteiger partial charge on any atom is 0.471 e. The van der Waals surface area contributed by atoms with Crippen LogP contribution in [-0.2, 0) is 17.6 Å². The van der Waals surface area contributed by atoms with E-state index in [1.807, 2.05) is 0 Å². The minimum absolute atomic E-state index is 0.00435. The van der Waals surface area contributed by atoms with Crippen molar-refractivity contribution in [3.63, 3.8) is 0 Å². The number of pyridine rings is 1. The molecule has 0 aliphatic carbocycles. The lowest BCUT2D eigenvalue weighted by Crippen LogP contribution is -2.42. The summed E-state index contributed by atoms with van der Waals surface area (Å²) >= 11 is 0. The molecule has 10 heteroatoms. The Labute approximate surface area is 115 Å². The summed E-state index contributed by atoms with van der Waals surface area (Å²) < 4.78 is 37.2. The van der Waals surface area contributed by atoms with E-state index in [1.54, 1.807) is 0 Å². The molecule has 1 aliphatic rings. The van der Waals surface area contributed by atoms with Gasteiger partial charge in [0.1, 0.15) is 0 Å². The van der Waals surface area contributed by atoms with E-state index in [9.17, 15) is 32.9 Å². The number of carbonyl (C=O) groups is 1. The standard InChI is InChI=1S/C11H10F3N3O4/c12-11(13,14)10(19)16-3-1-6-5-8(17(20)21)9(18)15-7(6)2-4-16/h5H,1-4H2,(H,15,18). The van der Waals surface area contributed by atoms with Gasteiger partial charge in [0.2, 0.25) is 0 Å². The van der Waals surface area contributed by atoms with Crippen LogP contribution < -0.4 is 5.56 Å². The highest BCUT2D eigenvalue weighted by molar-refractivity contribution is 5.82. The zero-order valence-electron chi connectivity index (χ0n) is 10.6. The largest absolute Gasteiger partial charge is 0.471 e. The predicted molar refractivity (Wildman–Crippen MR) is 63.8 cm³/mol. The molecule has 0 bridgehead atoms. The highest BCUT2D eigenvalue weighted by Gasteiger charge is 2.42. The minimum atomic E-state index is -4.96. The number of amides is 1. The number of alkyl halides is 3. The van der Waals surface area contributed by atoms with Gasteiger partial charge in [-0.25, -0.2) is 0 Å². The van der Waals surface area contributed by atoms with Gasteiger partial charge in [-0.15, -0.1) is 0 Å². The number of nitrogens with zero attached hydrogens (tertiary/aromatic N) is 2. The molecule has 1 aliphatic heterocycles. The molecule has 21 heavy (non-hydrogen) atoms. The van der Waals surface area contributed by atoms with Gasteiger partial charge in [0.15, 0.2) is 0 Å². The van der Waals surface area contributed by atoms with Crippen LogP contribution in [0.15, 0.2) is 10.9 Å². The summed E-state index contributed by atoms with van der Waals surface area (Å²) in [5.41, 5.74) is -0.874. The number of aromatic nitrogens is 1. The average molecular weight is 305 g/mol.